The van der Waals surface area contributed by atoms with E-state index in [1.807, 2.05) is 5.32 Å². The standard InChI is InChI=1S/C13H16N2O6/c1-7(2)14-13(20)15-11(18)6-21-12(19)9-4-3-8(16)5-10(9)17/h3-5,7,16-17H,6H2,1-2H3,(H2,14,15,18,20). The van der Waals surface area contributed by atoms with E-state index in [0.717, 1.165) is 12.1 Å². The van der Waals surface area contributed by atoms with Gasteiger partial charge < -0.3 is 20.3 Å². The molecular formula is C13H16N2O6. The summed E-state index contributed by atoms with van der Waals surface area (Å²) in [4.78, 5) is 34.2. The molecule has 1 aromatic rings. The number of urea groups is 1. The third kappa shape index (κ3) is 5.39. The molecular weight excluding hydrogens is 280 g/mol. The number of benzene rings is 1. The zero-order valence-corrected chi connectivity index (χ0v) is 11.5. The molecule has 0 atom stereocenters. The lowest BCUT2D eigenvalue weighted by atomic mass is 10.2. The number of esters is 1. The Balaban J connectivity index is 2.49. The maximum Gasteiger partial charge on any atom is 0.342 e. The predicted molar refractivity (Wildman–Crippen MR) is 71.9 cm³/mol. The van der Waals surface area contributed by atoms with Gasteiger partial charge in [-0.2, -0.15) is 0 Å². The number of phenols is 2. The van der Waals surface area contributed by atoms with E-state index in [9.17, 15) is 19.5 Å². The second-order valence-electron chi connectivity index (χ2n) is 4.45. The summed E-state index contributed by atoms with van der Waals surface area (Å²) in [5.74, 6) is -2.45. The fraction of sp³-hybridized carbons (Fsp3) is 0.308. The lowest BCUT2D eigenvalue weighted by Crippen LogP contribution is -2.44. The lowest BCUT2D eigenvalue weighted by Gasteiger charge is -2.09. The van der Waals surface area contributed by atoms with Crippen LogP contribution in [-0.2, 0) is 9.53 Å². The minimum absolute atomic E-state index is 0.144. The normalized spacial score (nSPS) is 10.0. The largest absolute Gasteiger partial charge is 0.508 e. The molecule has 0 fully saturated rings. The molecule has 4 N–H and O–H groups in total. The second kappa shape index (κ2) is 7.13. The molecule has 21 heavy (non-hydrogen) atoms. The van der Waals surface area contributed by atoms with Crippen molar-refractivity contribution in [3.05, 3.63) is 23.8 Å². The first-order valence-corrected chi connectivity index (χ1v) is 6.09. The SMILES string of the molecule is CC(C)NC(=O)NC(=O)COC(=O)c1ccc(O)cc1O. The van der Waals surface area contributed by atoms with Crippen molar-refractivity contribution in [1.29, 1.82) is 0 Å². The fourth-order valence-corrected chi connectivity index (χ4v) is 1.36. The van der Waals surface area contributed by atoms with E-state index in [1.54, 1.807) is 13.8 Å². The number of nitrogens with one attached hydrogen (secondary N) is 2. The number of hydrogen-bond acceptors (Lipinski definition) is 6. The van der Waals surface area contributed by atoms with Crippen molar-refractivity contribution in [2.45, 2.75) is 19.9 Å². The topological polar surface area (TPSA) is 125 Å². The number of ether oxygens (including phenoxy) is 1. The van der Waals surface area contributed by atoms with Crippen molar-refractivity contribution in [3.63, 3.8) is 0 Å². The van der Waals surface area contributed by atoms with Crippen LogP contribution in [0, 0.1) is 0 Å². The first-order chi connectivity index (χ1) is 9.79. The average Bonchev–Trinajstić information content (AvgIpc) is 2.34. The number of carbonyl (C=O) groups is 3. The van der Waals surface area contributed by atoms with Gasteiger partial charge in [0.25, 0.3) is 5.91 Å². The quantitative estimate of drug-likeness (QED) is 0.599. The van der Waals surface area contributed by atoms with Gasteiger partial charge in [-0.1, -0.05) is 0 Å². The van der Waals surface area contributed by atoms with Crippen molar-refractivity contribution in [2.75, 3.05) is 6.61 Å². The van der Waals surface area contributed by atoms with Gasteiger partial charge in [-0.3, -0.25) is 10.1 Å². The van der Waals surface area contributed by atoms with Crippen LogP contribution >= 0.6 is 0 Å². The molecule has 1 rings (SSSR count). The van der Waals surface area contributed by atoms with Crippen LogP contribution in [0.2, 0.25) is 0 Å². The molecule has 0 saturated carbocycles. The van der Waals surface area contributed by atoms with E-state index in [-0.39, 0.29) is 17.4 Å². The van der Waals surface area contributed by atoms with Gasteiger partial charge in [-0.05, 0) is 26.0 Å². The minimum atomic E-state index is -0.952. The van der Waals surface area contributed by atoms with Gasteiger partial charge in [0.15, 0.2) is 6.61 Å². The van der Waals surface area contributed by atoms with Crippen LogP contribution in [0.1, 0.15) is 24.2 Å². The Hall–Kier alpha value is -2.77. The Kier molecular flexibility index (Phi) is 5.53. The van der Waals surface area contributed by atoms with Crippen LogP contribution in [-0.4, -0.2) is 40.8 Å². The smallest absolute Gasteiger partial charge is 0.342 e. The average molecular weight is 296 g/mol. The monoisotopic (exact) mass is 296 g/mol. The number of rotatable bonds is 4. The van der Waals surface area contributed by atoms with Crippen molar-refractivity contribution in [2.24, 2.45) is 0 Å². The molecule has 0 aliphatic carbocycles. The maximum atomic E-state index is 11.6. The summed E-state index contributed by atoms with van der Waals surface area (Å²) in [5, 5.41) is 22.9. The highest BCUT2D eigenvalue weighted by Crippen LogP contribution is 2.22. The Bertz CT molecular complexity index is 556. The zero-order valence-electron chi connectivity index (χ0n) is 11.5. The molecule has 0 aliphatic heterocycles. The Morgan fingerprint density at radius 2 is 1.90 bits per heavy atom. The number of hydrogen-bond donors (Lipinski definition) is 4. The van der Waals surface area contributed by atoms with Gasteiger partial charge in [-0.15, -0.1) is 0 Å². The highest BCUT2D eigenvalue weighted by Gasteiger charge is 2.16. The van der Waals surface area contributed by atoms with Gasteiger partial charge in [-0.25, -0.2) is 9.59 Å². The summed E-state index contributed by atoms with van der Waals surface area (Å²) in [6.07, 6.45) is 0. The summed E-state index contributed by atoms with van der Waals surface area (Å²) < 4.78 is 4.64. The lowest BCUT2D eigenvalue weighted by molar-refractivity contribution is -0.123. The minimum Gasteiger partial charge on any atom is -0.508 e. The van der Waals surface area contributed by atoms with Crippen molar-refractivity contribution in [3.8, 4) is 11.5 Å². The van der Waals surface area contributed by atoms with Crippen LogP contribution in [0.15, 0.2) is 18.2 Å². The number of phenolic OH excluding ortho intramolecular Hbond substituents is 2. The molecule has 0 unspecified atom stereocenters. The van der Waals surface area contributed by atoms with E-state index in [4.69, 9.17) is 5.11 Å². The van der Waals surface area contributed by atoms with Crippen molar-refractivity contribution in [1.82, 2.24) is 10.6 Å². The first-order valence-electron chi connectivity index (χ1n) is 6.09. The first kappa shape index (κ1) is 16.3. The summed E-state index contributed by atoms with van der Waals surface area (Å²) in [7, 11) is 0. The zero-order chi connectivity index (χ0) is 16.0. The van der Waals surface area contributed by atoms with Gasteiger partial charge in [0, 0.05) is 12.1 Å². The molecule has 0 saturated heterocycles. The summed E-state index contributed by atoms with van der Waals surface area (Å²) in [6, 6.07) is 2.46. The molecule has 0 radical (unpaired) electrons. The molecule has 8 nitrogen and oxygen atoms in total. The van der Waals surface area contributed by atoms with Gasteiger partial charge in [0.2, 0.25) is 0 Å². The predicted octanol–water partition coefficient (Wildman–Crippen LogP) is 0.489. The number of carbonyl (C=O) groups excluding carboxylic acids is 3. The summed E-state index contributed by atoms with van der Waals surface area (Å²) in [5.41, 5.74) is -0.202. The van der Waals surface area contributed by atoms with E-state index in [1.165, 1.54) is 6.07 Å². The summed E-state index contributed by atoms with van der Waals surface area (Å²) >= 11 is 0. The number of amides is 3. The molecule has 3 amide bonds. The molecule has 0 spiro atoms. The third-order valence-electron chi connectivity index (χ3n) is 2.21. The van der Waals surface area contributed by atoms with Gasteiger partial charge >= 0.3 is 12.0 Å². The number of aromatic hydroxyl groups is 2. The number of imide groups is 1. The Labute approximate surface area is 120 Å². The van der Waals surface area contributed by atoms with Gasteiger partial charge in [0.1, 0.15) is 17.1 Å². The van der Waals surface area contributed by atoms with Crippen molar-refractivity contribution >= 4 is 17.9 Å². The maximum absolute atomic E-state index is 11.6. The van der Waals surface area contributed by atoms with E-state index in [2.05, 4.69) is 10.1 Å². The molecule has 114 valence electrons. The van der Waals surface area contributed by atoms with Gasteiger partial charge in [0.05, 0.1) is 0 Å². The van der Waals surface area contributed by atoms with Crippen molar-refractivity contribution < 1.29 is 29.3 Å². The van der Waals surface area contributed by atoms with Crippen LogP contribution in [0.5, 0.6) is 11.5 Å². The molecule has 8 heteroatoms. The van der Waals surface area contributed by atoms with E-state index >= 15 is 0 Å². The Morgan fingerprint density at radius 1 is 1.24 bits per heavy atom. The molecule has 0 aliphatic rings. The highest BCUT2D eigenvalue weighted by atomic mass is 16.5. The molecule has 0 heterocycles. The Morgan fingerprint density at radius 3 is 2.48 bits per heavy atom. The van der Waals surface area contributed by atoms with Crippen LogP contribution in [0.3, 0.4) is 0 Å². The van der Waals surface area contributed by atoms with E-state index < -0.39 is 30.3 Å². The summed E-state index contributed by atoms with van der Waals surface area (Å²) in [6.45, 7) is 2.76. The highest BCUT2D eigenvalue weighted by molar-refractivity contribution is 5.97. The van der Waals surface area contributed by atoms with E-state index in [0.29, 0.717) is 0 Å². The second-order valence-corrected chi connectivity index (χ2v) is 4.45. The third-order valence-corrected chi connectivity index (χ3v) is 2.21. The molecule has 0 bridgehead atoms. The van der Waals surface area contributed by atoms with Crippen LogP contribution in [0.25, 0.3) is 0 Å². The molecule has 1 aromatic carbocycles. The fourth-order valence-electron chi connectivity index (χ4n) is 1.36. The van der Waals surface area contributed by atoms with Crippen LogP contribution in [0.4, 0.5) is 4.79 Å². The molecule has 0 aromatic heterocycles. The van der Waals surface area contributed by atoms with Crippen LogP contribution < -0.4 is 10.6 Å².